The summed E-state index contributed by atoms with van der Waals surface area (Å²) in [5, 5.41) is 1.25. The van der Waals surface area contributed by atoms with Gasteiger partial charge in [-0.2, -0.15) is 0 Å². The lowest BCUT2D eigenvalue weighted by Crippen LogP contribution is -2.17. The molecule has 0 spiro atoms. The van der Waals surface area contributed by atoms with Crippen molar-refractivity contribution in [2.75, 3.05) is 17.3 Å². The minimum Gasteiger partial charge on any atom is -0.433 e. The van der Waals surface area contributed by atoms with Gasteiger partial charge in [0.2, 0.25) is 0 Å². The molecule has 0 amide bonds. The van der Waals surface area contributed by atoms with Crippen molar-refractivity contribution in [3.05, 3.63) is 0 Å². The van der Waals surface area contributed by atoms with Crippen molar-refractivity contribution >= 4 is 38.0 Å². The first-order valence-electron chi connectivity index (χ1n) is 3.16. The largest absolute Gasteiger partial charge is 0.508 e. The molecule has 5 heteroatoms. The van der Waals surface area contributed by atoms with E-state index in [2.05, 4.69) is 36.6 Å². The maximum atomic E-state index is 10.7. The zero-order valence-corrected chi connectivity index (χ0v) is 9.35. The number of alkyl halides is 2. The van der Waals surface area contributed by atoms with E-state index >= 15 is 0 Å². The van der Waals surface area contributed by atoms with Crippen molar-refractivity contribution in [1.29, 1.82) is 0 Å². The van der Waals surface area contributed by atoms with Gasteiger partial charge in [0.25, 0.3) is 0 Å². The van der Waals surface area contributed by atoms with Crippen LogP contribution in [0.2, 0.25) is 0 Å². The Labute approximate surface area is 82.7 Å². The number of halogens is 2. The fourth-order valence-corrected chi connectivity index (χ4v) is 0.646. The molecule has 0 saturated heterocycles. The molecule has 0 aliphatic carbocycles. The summed E-state index contributed by atoms with van der Waals surface area (Å²) in [5.74, 6) is 0. The lowest BCUT2D eigenvalue weighted by atomic mass is 10.5. The van der Waals surface area contributed by atoms with Crippen molar-refractivity contribution in [3.8, 4) is 0 Å². The molecule has 0 aromatic heterocycles. The van der Waals surface area contributed by atoms with Gasteiger partial charge in [-0.25, -0.2) is 4.79 Å². The Morgan fingerprint density at radius 3 is 2.64 bits per heavy atom. The average Bonchev–Trinajstić information content (AvgIpc) is 2.00. The van der Waals surface area contributed by atoms with Gasteiger partial charge in [0, 0.05) is 10.7 Å². The van der Waals surface area contributed by atoms with Crippen LogP contribution in [0.5, 0.6) is 0 Å². The standard InChI is InChI=1S/C6H10Br2O3/c1-5(4-8)11-6(9)10-3-2-7/h5H,2-4H2,1H3. The van der Waals surface area contributed by atoms with Crippen LogP contribution in [0.15, 0.2) is 0 Å². The molecule has 0 rings (SSSR count). The van der Waals surface area contributed by atoms with Crippen molar-refractivity contribution in [1.82, 2.24) is 0 Å². The molecule has 0 saturated carbocycles. The highest BCUT2D eigenvalue weighted by Crippen LogP contribution is 1.98. The predicted molar refractivity (Wildman–Crippen MR) is 49.5 cm³/mol. The third-order valence-corrected chi connectivity index (χ3v) is 2.05. The van der Waals surface area contributed by atoms with Crippen molar-refractivity contribution in [2.45, 2.75) is 13.0 Å². The molecule has 66 valence electrons. The summed E-state index contributed by atoms with van der Waals surface area (Å²) < 4.78 is 9.41. The molecule has 0 bridgehead atoms. The predicted octanol–water partition coefficient (Wildman–Crippen LogP) is 2.32. The molecule has 0 aromatic rings. The zero-order chi connectivity index (χ0) is 8.69. The van der Waals surface area contributed by atoms with E-state index in [1.54, 1.807) is 6.92 Å². The minimum absolute atomic E-state index is 0.141. The molecule has 0 N–H and O–H groups in total. The van der Waals surface area contributed by atoms with Crippen LogP contribution in [0.3, 0.4) is 0 Å². The highest BCUT2D eigenvalue weighted by atomic mass is 79.9. The lowest BCUT2D eigenvalue weighted by molar-refractivity contribution is 0.0402. The Morgan fingerprint density at radius 1 is 1.55 bits per heavy atom. The van der Waals surface area contributed by atoms with E-state index in [-0.39, 0.29) is 6.10 Å². The van der Waals surface area contributed by atoms with Gasteiger partial charge in [-0.3, -0.25) is 0 Å². The third kappa shape index (κ3) is 6.62. The molecule has 0 heterocycles. The van der Waals surface area contributed by atoms with Crippen LogP contribution in [0.25, 0.3) is 0 Å². The number of hydrogen-bond donors (Lipinski definition) is 0. The Hall–Kier alpha value is 0.230. The van der Waals surface area contributed by atoms with Crippen LogP contribution in [0, 0.1) is 0 Å². The van der Waals surface area contributed by atoms with E-state index in [1.807, 2.05) is 0 Å². The van der Waals surface area contributed by atoms with Gasteiger partial charge in [-0.1, -0.05) is 31.9 Å². The highest BCUT2D eigenvalue weighted by Gasteiger charge is 2.07. The van der Waals surface area contributed by atoms with Crippen molar-refractivity contribution < 1.29 is 14.3 Å². The van der Waals surface area contributed by atoms with Crippen LogP contribution in [-0.2, 0) is 9.47 Å². The molecule has 0 aliphatic heterocycles. The lowest BCUT2D eigenvalue weighted by Gasteiger charge is -2.08. The summed E-state index contributed by atoms with van der Waals surface area (Å²) in [5.41, 5.74) is 0. The summed E-state index contributed by atoms with van der Waals surface area (Å²) in [7, 11) is 0. The molecular weight excluding hydrogens is 280 g/mol. The number of ether oxygens (including phenoxy) is 2. The normalized spacial score (nSPS) is 12.3. The van der Waals surface area contributed by atoms with Gasteiger partial charge in [-0.15, -0.1) is 0 Å². The fourth-order valence-electron chi connectivity index (χ4n) is 0.352. The Morgan fingerprint density at radius 2 is 2.18 bits per heavy atom. The van der Waals surface area contributed by atoms with E-state index in [0.717, 1.165) is 0 Å². The molecule has 1 atom stereocenters. The second-order valence-corrected chi connectivity index (χ2v) is 3.31. The molecular formula is C6H10Br2O3. The highest BCUT2D eigenvalue weighted by molar-refractivity contribution is 9.09. The first kappa shape index (κ1) is 11.2. The second kappa shape index (κ2) is 6.91. The number of hydrogen-bond acceptors (Lipinski definition) is 3. The Kier molecular flexibility index (Phi) is 7.06. The quantitative estimate of drug-likeness (QED) is 0.589. The van der Waals surface area contributed by atoms with E-state index in [0.29, 0.717) is 17.3 Å². The molecule has 0 radical (unpaired) electrons. The number of rotatable bonds is 4. The Balaban J connectivity index is 3.36. The summed E-state index contributed by atoms with van der Waals surface area (Å²) >= 11 is 6.29. The number of carbonyl (C=O) groups is 1. The first-order valence-corrected chi connectivity index (χ1v) is 5.40. The van der Waals surface area contributed by atoms with Crippen LogP contribution in [0.1, 0.15) is 6.92 Å². The summed E-state index contributed by atoms with van der Waals surface area (Å²) in [6, 6.07) is 0. The monoisotopic (exact) mass is 288 g/mol. The molecule has 0 aliphatic rings. The summed E-state index contributed by atoms with van der Waals surface area (Å²) in [4.78, 5) is 10.7. The topological polar surface area (TPSA) is 35.5 Å². The maximum Gasteiger partial charge on any atom is 0.508 e. The minimum atomic E-state index is -0.614. The molecule has 3 nitrogen and oxygen atoms in total. The molecule has 0 aromatic carbocycles. The smallest absolute Gasteiger partial charge is 0.433 e. The molecule has 0 fully saturated rings. The van der Waals surface area contributed by atoms with Gasteiger partial charge in [0.15, 0.2) is 0 Å². The first-order chi connectivity index (χ1) is 5.20. The van der Waals surface area contributed by atoms with E-state index in [1.165, 1.54) is 0 Å². The molecule has 1 unspecified atom stereocenters. The van der Waals surface area contributed by atoms with E-state index < -0.39 is 6.16 Å². The SMILES string of the molecule is CC(CBr)OC(=O)OCCBr. The van der Waals surface area contributed by atoms with Gasteiger partial charge < -0.3 is 9.47 Å². The van der Waals surface area contributed by atoms with E-state index in [9.17, 15) is 4.79 Å². The average molecular weight is 290 g/mol. The van der Waals surface area contributed by atoms with Gasteiger partial charge in [0.05, 0.1) is 0 Å². The van der Waals surface area contributed by atoms with Crippen LogP contribution in [-0.4, -0.2) is 29.5 Å². The summed E-state index contributed by atoms with van der Waals surface area (Å²) in [6.45, 7) is 2.12. The fraction of sp³-hybridized carbons (Fsp3) is 0.833. The van der Waals surface area contributed by atoms with Crippen molar-refractivity contribution in [3.63, 3.8) is 0 Å². The van der Waals surface area contributed by atoms with Crippen LogP contribution in [0.4, 0.5) is 4.79 Å². The van der Waals surface area contributed by atoms with Gasteiger partial charge >= 0.3 is 6.16 Å². The van der Waals surface area contributed by atoms with Crippen LogP contribution < -0.4 is 0 Å². The second-order valence-electron chi connectivity index (χ2n) is 1.87. The van der Waals surface area contributed by atoms with E-state index in [4.69, 9.17) is 4.74 Å². The zero-order valence-electron chi connectivity index (χ0n) is 6.18. The summed E-state index contributed by atoms with van der Waals surface area (Å²) in [6.07, 6.45) is -0.755. The third-order valence-electron chi connectivity index (χ3n) is 0.812. The Bertz CT molecular complexity index is 118. The molecule has 11 heavy (non-hydrogen) atoms. The van der Waals surface area contributed by atoms with Gasteiger partial charge in [0.1, 0.15) is 12.7 Å². The van der Waals surface area contributed by atoms with Gasteiger partial charge in [-0.05, 0) is 6.92 Å². The van der Waals surface area contributed by atoms with Crippen molar-refractivity contribution in [2.24, 2.45) is 0 Å². The number of carbonyl (C=O) groups excluding carboxylic acids is 1. The maximum absolute atomic E-state index is 10.7. The van der Waals surface area contributed by atoms with Crippen LogP contribution >= 0.6 is 31.9 Å².